The van der Waals surface area contributed by atoms with E-state index in [0.29, 0.717) is 12.2 Å². The average Bonchev–Trinajstić information content (AvgIpc) is 2.83. The van der Waals surface area contributed by atoms with Gasteiger partial charge in [0.1, 0.15) is 0 Å². The molecule has 0 aliphatic heterocycles. The highest BCUT2D eigenvalue weighted by atomic mass is 35.5. The predicted octanol–water partition coefficient (Wildman–Crippen LogP) is 3.57. The standard InChI is InChI=1S/C14H15ClN2O2/c1-2-9-17(11-5-3-10(16)4-6-11)14(18)12-7-8-13(15)19-12/h3-8H,2,9,16H2,1H3. The summed E-state index contributed by atoms with van der Waals surface area (Å²) in [5, 5.41) is 0.206. The van der Waals surface area contributed by atoms with Crippen molar-refractivity contribution >= 4 is 28.9 Å². The number of carbonyl (C=O) groups excluding carboxylic acids is 1. The molecular weight excluding hydrogens is 264 g/mol. The Morgan fingerprint density at radius 1 is 1.26 bits per heavy atom. The van der Waals surface area contributed by atoms with E-state index < -0.39 is 0 Å². The minimum atomic E-state index is -0.210. The molecule has 1 amide bonds. The molecule has 0 saturated heterocycles. The highest BCUT2D eigenvalue weighted by Crippen LogP contribution is 2.21. The average molecular weight is 279 g/mol. The second kappa shape index (κ2) is 5.80. The summed E-state index contributed by atoms with van der Waals surface area (Å²) in [6.07, 6.45) is 0.838. The molecule has 0 atom stereocenters. The van der Waals surface area contributed by atoms with Crippen LogP contribution in [0.25, 0.3) is 0 Å². The lowest BCUT2D eigenvalue weighted by Crippen LogP contribution is -2.31. The predicted molar refractivity (Wildman–Crippen MR) is 76.5 cm³/mol. The van der Waals surface area contributed by atoms with E-state index in [2.05, 4.69) is 0 Å². The lowest BCUT2D eigenvalue weighted by Gasteiger charge is -2.21. The quantitative estimate of drug-likeness (QED) is 0.870. The Hall–Kier alpha value is -1.94. The van der Waals surface area contributed by atoms with E-state index in [1.165, 1.54) is 0 Å². The van der Waals surface area contributed by atoms with Gasteiger partial charge in [-0.05, 0) is 54.4 Å². The van der Waals surface area contributed by atoms with Crippen molar-refractivity contribution in [3.8, 4) is 0 Å². The molecule has 100 valence electrons. The van der Waals surface area contributed by atoms with Gasteiger partial charge in [-0.1, -0.05) is 6.92 Å². The number of furan rings is 1. The lowest BCUT2D eigenvalue weighted by molar-refractivity contribution is 0.0960. The van der Waals surface area contributed by atoms with Crippen LogP contribution in [-0.2, 0) is 0 Å². The Labute approximate surface area is 116 Å². The fraction of sp³-hybridized carbons (Fsp3) is 0.214. The first-order valence-corrected chi connectivity index (χ1v) is 6.42. The summed E-state index contributed by atoms with van der Waals surface area (Å²) in [4.78, 5) is 14.0. The van der Waals surface area contributed by atoms with Crippen molar-refractivity contribution in [2.24, 2.45) is 0 Å². The molecule has 2 aromatic rings. The Balaban J connectivity index is 2.29. The highest BCUT2D eigenvalue weighted by molar-refractivity contribution is 6.29. The summed E-state index contributed by atoms with van der Waals surface area (Å²) in [6.45, 7) is 2.60. The molecule has 2 rings (SSSR count). The van der Waals surface area contributed by atoms with E-state index in [1.807, 2.05) is 19.1 Å². The first-order chi connectivity index (χ1) is 9.11. The monoisotopic (exact) mass is 278 g/mol. The number of nitrogens with two attached hydrogens (primary N) is 1. The summed E-state index contributed by atoms with van der Waals surface area (Å²) < 4.78 is 5.17. The van der Waals surface area contributed by atoms with Gasteiger partial charge in [-0.15, -0.1) is 0 Å². The molecule has 0 saturated carbocycles. The third-order valence-electron chi connectivity index (χ3n) is 2.68. The molecule has 0 fully saturated rings. The van der Waals surface area contributed by atoms with E-state index in [9.17, 15) is 4.79 Å². The summed E-state index contributed by atoms with van der Waals surface area (Å²) in [5.41, 5.74) is 7.10. The van der Waals surface area contributed by atoms with Gasteiger partial charge in [0.2, 0.25) is 0 Å². The van der Waals surface area contributed by atoms with Crippen LogP contribution in [-0.4, -0.2) is 12.5 Å². The summed E-state index contributed by atoms with van der Waals surface area (Å²) in [6, 6.07) is 10.3. The van der Waals surface area contributed by atoms with Crippen LogP contribution in [0.15, 0.2) is 40.8 Å². The molecular formula is C14H15ClN2O2. The first-order valence-electron chi connectivity index (χ1n) is 6.04. The number of benzene rings is 1. The Morgan fingerprint density at radius 3 is 2.47 bits per heavy atom. The third kappa shape index (κ3) is 3.09. The molecule has 2 N–H and O–H groups in total. The van der Waals surface area contributed by atoms with Crippen molar-refractivity contribution in [3.63, 3.8) is 0 Å². The van der Waals surface area contributed by atoms with Crippen LogP contribution in [0.5, 0.6) is 0 Å². The van der Waals surface area contributed by atoms with Gasteiger partial charge in [-0.3, -0.25) is 4.79 Å². The van der Waals surface area contributed by atoms with Crippen molar-refractivity contribution < 1.29 is 9.21 Å². The number of nitrogens with zero attached hydrogens (tertiary/aromatic N) is 1. The summed E-state index contributed by atoms with van der Waals surface area (Å²) in [7, 11) is 0. The van der Waals surface area contributed by atoms with Crippen molar-refractivity contribution in [1.29, 1.82) is 0 Å². The number of halogens is 1. The number of hydrogen-bond donors (Lipinski definition) is 1. The largest absolute Gasteiger partial charge is 0.440 e. The van der Waals surface area contributed by atoms with E-state index in [1.54, 1.807) is 29.2 Å². The zero-order valence-corrected chi connectivity index (χ0v) is 11.4. The number of hydrogen-bond acceptors (Lipinski definition) is 3. The fourth-order valence-corrected chi connectivity index (χ4v) is 1.93. The van der Waals surface area contributed by atoms with Gasteiger partial charge >= 0.3 is 0 Å². The minimum absolute atomic E-state index is 0.206. The molecule has 19 heavy (non-hydrogen) atoms. The van der Waals surface area contributed by atoms with Crippen LogP contribution in [0.3, 0.4) is 0 Å². The van der Waals surface area contributed by atoms with Crippen molar-refractivity contribution in [1.82, 2.24) is 0 Å². The summed E-state index contributed by atoms with van der Waals surface area (Å²) >= 11 is 5.70. The Morgan fingerprint density at radius 2 is 1.95 bits per heavy atom. The van der Waals surface area contributed by atoms with Gasteiger partial charge in [0.05, 0.1) is 0 Å². The maximum Gasteiger partial charge on any atom is 0.294 e. The number of nitrogen functional groups attached to an aromatic ring is 1. The fourth-order valence-electron chi connectivity index (χ4n) is 1.79. The molecule has 0 unspecified atom stereocenters. The smallest absolute Gasteiger partial charge is 0.294 e. The molecule has 0 bridgehead atoms. The Bertz CT molecular complexity index is 563. The maximum absolute atomic E-state index is 12.4. The molecule has 0 radical (unpaired) electrons. The van der Waals surface area contributed by atoms with E-state index in [0.717, 1.165) is 12.1 Å². The second-order valence-electron chi connectivity index (χ2n) is 4.15. The van der Waals surface area contributed by atoms with Gasteiger partial charge in [0.25, 0.3) is 5.91 Å². The van der Waals surface area contributed by atoms with Crippen molar-refractivity contribution in [3.05, 3.63) is 47.4 Å². The Kier molecular flexibility index (Phi) is 4.12. The number of rotatable bonds is 4. The van der Waals surface area contributed by atoms with Crippen LogP contribution in [0, 0.1) is 0 Å². The number of anilines is 2. The molecule has 4 nitrogen and oxygen atoms in total. The molecule has 0 spiro atoms. The number of carbonyl (C=O) groups is 1. The zero-order chi connectivity index (χ0) is 13.8. The van der Waals surface area contributed by atoms with Gasteiger partial charge in [-0.25, -0.2) is 0 Å². The molecule has 1 aromatic carbocycles. The minimum Gasteiger partial charge on any atom is -0.440 e. The highest BCUT2D eigenvalue weighted by Gasteiger charge is 2.20. The molecule has 1 heterocycles. The topological polar surface area (TPSA) is 59.5 Å². The van der Waals surface area contributed by atoms with Gasteiger partial charge in [-0.2, -0.15) is 0 Å². The van der Waals surface area contributed by atoms with Gasteiger partial charge in [0, 0.05) is 17.9 Å². The first kappa shape index (κ1) is 13.5. The van der Waals surface area contributed by atoms with E-state index in [-0.39, 0.29) is 16.9 Å². The van der Waals surface area contributed by atoms with Crippen molar-refractivity contribution in [2.45, 2.75) is 13.3 Å². The summed E-state index contributed by atoms with van der Waals surface area (Å²) in [5.74, 6) is 0.0220. The zero-order valence-electron chi connectivity index (χ0n) is 10.6. The van der Waals surface area contributed by atoms with Gasteiger partial charge in [0.15, 0.2) is 11.0 Å². The van der Waals surface area contributed by atoms with Crippen LogP contribution >= 0.6 is 11.6 Å². The van der Waals surface area contributed by atoms with Crippen LogP contribution < -0.4 is 10.6 Å². The SMILES string of the molecule is CCCN(C(=O)c1ccc(Cl)o1)c1ccc(N)cc1. The van der Waals surface area contributed by atoms with Gasteiger partial charge < -0.3 is 15.1 Å². The molecule has 1 aromatic heterocycles. The second-order valence-corrected chi connectivity index (χ2v) is 4.52. The van der Waals surface area contributed by atoms with Crippen LogP contribution in [0.2, 0.25) is 5.22 Å². The molecule has 0 aliphatic carbocycles. The third-order valence-corrected chi connectivity index (χ3v) is 2.88. The van der Waals surface area contributed by atoms with Crippen LogP contribution in [0.4, 0.5) is 11.4 Å². The van der Waals surface area contributed by atoms with Crippen LogP contribution in [0.1, 0.15) is 23.9 Å². The molecule has 0 aliphatic rings. The lowest BCUT2D eigenvalue weighted by atomic mass is 10.2. The van der Waals surface area contributed by atoms with E-state index in [4.69, 9.17) is 21.8 Å². The maximum atomic E-state index is 12.4. The van der Waals surface area contributed by atoms with Crippen molar-refractivity contribution in [2.75, 3.05) is 17.2 Å². The normalized spacial score (nSPS) is 10.4. The number of amides is 1. The van der Waals surface area contributed by atoms with E-state index >= 15 is 0 Å². The molecule has 5 heteroatoms.